The number of methoxy groups -OCH3 is 1. The summed E-state index contributed by atoms with van der Waals surface area (Å²) < 4.78 is 4.35. The summed E-state index contributed by atoms with van der Waals surface area (Å²) in [6.07, 6.45) is -2.80. The first kappa shape index (κ1) is 11.7. The van der Waals surface area contributed by atoms with Crippen LogP contribution in [-0.2, 0) is 9.53 Å². The minimum atomic E-state index is -1.55. The van der Waals surface area contributed by atoms with Crippen molar-refractivity contribution in [2.75, 3.05) is 7.11 Å². The van der Waals surface area contributed by atoms with Crippen molar-refractivity contribution in [1.29, 1.82) is 0 Å². The quantitative estimate of drug-likeness (QED) is 0.715. The van der Waals surface area contributed by atoms with Gasteiger partial charge in [-0.25, -0.2) is 4.79 Å². The largest absolute Gasteiger partial charge is 0.467 e. The molecule has 0 radical (unpaired) electrons. The van der Waals surface area contributed by atoms with Gasteiger partial charge >= 0.3 is 5.97 Å². The molecule has 1 rings (SSSR count). The van der Waals surface area contributed by atoms with Crippen LogP contribution in [-0.4, -0.2) is 29.4 Å². The van der Waals surface area contributed by atoms with Crippen LogP contribution >= 0.6 is 0 Å². The van der Waals surface area contributed by atoms with E-state index in [1.165, 1.54) is 0 Å². The van der Waals surface area contributed by atoms with Gasteiger partial charge < -0.3 is 14.9 Å². The zero-order valence-electron chi connectivity index (χ0n) is 8.68. The highest BCUT2D eigenvalue weighted by atomic mass is 16.5. The van der Waals surface area contributed by atoms with E-state index in [0.717, 1.165) is 12.7 Å². The lowest BCUT2D eigenvalue weighted by atomic mass is 10.00. The second-order valence-electron chi connectivity index (χ2n) is 3.27. The van der Waals surface area contributed by atoms with Gasteiger partial charge in [-0.1, -0.05) is 24.3 Å². The number of aliphatic hydroxyl groups is 2. The van der Waals surface area contributed by atoms with Gasteiger partial charge in [-0.05, 0) is 18.1 Å². The summed E-state index contributed by atoms with van der Waals surface area (Å²) in [6, 6.07) is 7.00. The van der Waals surface area contributed by atoms with Crippen molar-refractivity contribution >= 4 is 5.97 Å². The third-order valence-corrected chi connectivity index (χ3v) is 2.25. The molecule has 0 amide bonds. The lowest BCUT2D eigenvalue weighted by Gasteiger charge is -2.17. The van der Waals surface area contributed by atoms with Crippen molar-refractivity contribution < 1.29 is 19.7 Å². The zero-order chi connectivity index (χ0) is 11.4. The highest BCUT2D eigenvalue weighted by Gasteiger charge is 2.27. The summed E-state index contributed by atoms with van der Waals surface area (Å²) >= 11 is 0. The molecule has 0 heterocycles. The maximum Gasteiger partial charge on any atom is 0.337 e. The molecule has 4 heteroatoms. The van der Waals surface area contributed by atoms with E-state index in [9.17, 15) is 15.0 Å². The number of aryl methyl sites for hydroxylation is 1. The highest BCUT2D eigenvalue weighted by Crippen LogP contribution is 2.20. The number of carbonyl (C=O) groups excluding carboxylic acids is 1. The third kappa shape index (κ3) is 2.55. The summed E-state index contributed by atoms with van der Waals surface area (Å²) in [5.74, 6) is -0.842. The lowest BCUT2D eigenvalue weighted by molar-refractivity contribution is -0.156. The molecule has 1 aromatic carbocycles. The monoisotopic (exact) mass is 210 g/mol. The van der Waals surface area contributed by atoms with E-state index in [-0.39, 0.29) is 0 Å². The first-order valence-electron chi connectivity index (χ1n) is 4.57. The minimum Gasteiger partial charge on any atom is -0.467 e. The SMILES string of the molecule is COC(=O)C(O)[C@H](O)c1ccccc1C. The standard InChI is InChI=1S/C11H14O4/c1-7-5-3-4-6-8(7)9(12)10(13)11(14)15-2/h3-6,9-10,12-13H,1-2H3/t9-,10?/m1/s1. The molecule has 2 N–H and O–H groups in total. The molecule has 0 saturated carbocycles. The van der Waals surface area contributed by atoms with Crippen LogP contribution in [0.2, 0.25) is 0 Å². The van der Waals surface area contributed by atoms with E-state index in [0.29, 0.717) is 5.56 Å². The summed E-state index contributed by atoms with van der Waals surface area (Å²) in [4.78, 5) is 11.0. The lowest BCUT2D eigenvalue weighted by Crippen LogP contribution is -2.29. The molecule has 0 aliphatic heterocycles. The Kier molecular flexibility index (Phi) is 3.82. The van der Waals surface area contributed by atoms with Gasteiger partial charge in [0.15, 0.2) is 6.10 Å². The van der Waals surface area contributed by atoms with Gasteiger partial charge in [-0.15, -0.1) is 0 Å². The average Bonchev–Trinajstić information content (AvgIpc) is 2.26. The van der Waals surface area contributed by atoms with Gasteiger partial charge in [-0.3, -0.25) is 0 Å². The predicted molar refractivity (Wildman–Crippen MR) is 54.2 cm³/mol. The van der Waals surface area contributed by atoms with Gasteiger partial charge in [-0.2, -0.15) is 0 Å². The molecule has 0 aliphatic rings. The van der Waals surface area contributed by atoms with Crippen LogP contribution in [0.25, 0.3) is 0 Å². The Bertz CT molecular complexity index is 348. The second-order valence-corrected chi connectivity index (χ2v) is 3.27. The Morgan fingerprint density at radius 1 is 1.33 bits per heavy atom. The molecule has 82 valence electrons. The zero-order valence-corrected chi connectivity index (χ0v) is 8.68. The first-order valence-corrected chi connectivity index (χ1v) is 4.57. The molecule has 15 heavy (non-hydrogen) atoms. The summed E-state index contributed by atoms with van der Waals surface area (Å²) in [6.45, 7) is 1.79. The molecule has 4 nitrogen and oxygen atoms in total. The Balaban J connectivity index is 2.89. The minimum absolute atomic E-state index is 0.524. The number of aliphatic hydroxyl groups excluding tert-OH is 2. The average molecular weight is 210 g/mol. The Morgan fingerprint density at radius 3 is 2.47 bits per heavy atom. The van der Waals surface area contributed by atoms with E-state index in [2.05, 4.69) is 4.74 Å². The van der Waals surface area contributed by atoms with E-state index in [1.54, 1.807) is 25.1 Å². The third-order valence-electron chi connectivity index (χ3n) is 2.25. The topological polar surface area (TPSA) is 66.8 Å². The molecular weight excluding hydrogens is 196 g/mol. The molecular formula is C11H14O4. The Hall–Kier alpha value is -1.39. The van der Waals surface area contributed by atoms with E-state index >= 15 is 0 Å². The number of hydrogen-bond acceptors (Lipinski definition) is 4. The Morgan fingerprint density at radius 2 is 1.93 bits per heavy atom. The first-order chi connectivity index (χ1) is 7.07. The van der Waals surface area contributed by atoms with E-state index in [4.69, 9.17) is 0 Å². The fraction of sp³-hybridized carbons (Fsp3) is 0.364. The van der Waals surface area contributed by atoms with E-state index in [1.807, 2.05) is 6.07 Å². The van der Waals surface area contributed by atoms with Crippen LogP contribution in [0.3, 0.4) is 0 Å². The molecule has 0 spiro atoms. The van der Waals surface area contributed by atoms with Crippen LogP contribution in [0.15, 0.2) is 24.3 Å². The van der Waals surface area contributed by atoms with Crippen LogP contribution in [0.1, 0.15) is 17.2 Å². The van der Waals surface area contributed by atoms with Crippen LogP contribution in [0, 0.1) is 6.92 Å². The normalized spacial score (nSPS) is 14.4. The number of benzene rings is 1. The maximum atomic E-state index is 11.0. The Labute approximate surface area is 88.1 Å². The van der Waals surface area contributed by atoms with Crippen molar-refractivity contribution in [3.8, 4) is 0 Å². The van der Waals surface area contributed by atoms with E-state index < -0.39 is 18.2 Å². The van der Waals surface area contributed by atoms with Crippen molar-refractivity contribution in [3.05, 3.63) is 35.4 Å². The molecule has 0 saturated heterocycles. The fourth-order valence-electron chi connectivity index (χ4n) is 1.34. The maximum absolute atomic E-state index is 11.0. The summed E-state index contributed by atoms with van der Waals surface area (Å²) in [5.41, 5.74) is 1.34. The van der Waals surface area contributed by atoms with Crippen LogP contribution in [0.5, 0.6) is 0 Å². The second kappa shape index (κ2) is 4.91. The number of carbonyl (C=O) groups is 1. The van der Waals surface area contributed by atoms with Crippen molar-refractivity contribution in [1.82, 2.24) is 0 Å². The van der Waals surface area contributed by atoms with Gasteiger partial charge in [0, 0.05) is 0 Å². The summed E-state index contributed by atoms with van der Waals surface area (Å²) in [7, 11) is 1.16. The number of rotatable bonds is 3. The smallest absolute Gasteiger partial charge is 0.337 e. The number of esters is 1. The fourth-order valence-corrected chi connectivity index (χ4v) is 1.34. The molecule has 1 unspecified atom stereocenters. The van der Waals surface area contributed by atoms with Gasteiger partial charge in [0.05, 0.1) is 7.11 Å². The molecule has 0 fully saturated rings. The highest BCUT2D eigenvalue weighted by molar-refractivity contribution is 5.75. The van der Waals surface area contributed by atoms with Crippen molar-refractivity contribution in [2.45, 2.75) is 19.1 Å². The molecule has 2 atom stereocenters. The van der Waals surface area contributed by atoms with Crippen LogP contribution in [0.4, 0.5) is 0 Å². The van der Waals surface area contributed by atoms with Crippen LogP contribution < -0.4 is 0 Å². The van der Waals surface area contributed by atoms with Crippen molar-refractivity contribution in [3.63, 3.8) is 0 Å². The predicted octanol–water partition coefficient (Wildman–Crippen LogP) is 0.562. The number of hydrogen-bond donors (Lipinski definition) is 2. The summed E-state index contributed by atoms with van der Waals surface area (Å²) in [5, 5.41) is 19.2. The van der Waals surface area contributed by atoms with Gasteiger partial charge in [0.1, 0.15) is 6.10 Å². The molecule has 1 aromatic rings. The molecule has 0 bridgehead atoms. The van der Waals surface area contributed by atoms with Gasteiger partial charge in [0.25, 0.3) is 0 Å². The van der Waals surface area contributed by atoms with Gasteiger partial charge in [0.2, 0.25) is 0 Å². The van der Waals surface area contributed by atoms with Crippen molar-refractivity contribution in [2.24, 2.45) is 0 Å². The molecule has 0 aliphatic carbocycles. The molecule has 0 aromatic heterocycles. The number of ether oxygens (including phenoxy) is 1.